The molecule has 0 bridgehead atoms. The highest BCUT2D eigenvalue weighted by Crippen LogP contribution is 2.57. The number of benzene rings is 1. The van der Waals surface area contributed by atoms with Crippen LogP contribution in [0.1, 0.15) is 30.7 Å². The molecule has 34 heavy (non-hydrogen) atoms. The van der Waals surface area contributed by atoms with Crippen LogP contribution in [0.3, 0.4) is 0 Å². The molecule has 1 unspecified atom stereocenters. The molecular formula is C20H21F2N4O7P. The summed E-state index contributed by atoms with van der Waals surface area (Å²) in [6.07, 6.45) is -1.55. The second kappa shape index (κ2) is 8.84. The number of aliphatic hydroxyl groups is 1. The number of hydrogen-bond donors (Lipinski definition) is 3. The number of hydrogen-bond acceptors (Lipinski definition) is 9. The van der Waals surface area contributed by atoms with Crippen molar-refractivity contribution in [3.05, 3.63) is 58.0 Å². The Morgan fingerprint density at radius 2 is 2.09 bits per heavy atom. The van der Waals surface area contributed by atoms with E-state index in [2.05, 4.69) is 9.97 Å². The molecule has 0 spiro atoms. The fraction of sp³-hybridized carbons (Fsp3) is 0.400. The van der Waals surface area contributed by atoms with Crippen LogP contribution in [0.2, 0.25) is 0 Å². The molecule has 0 amide bonds. The molecule has 2 aliphatic heterocycles. The molecular weight excluding hydrogens is 477 g/mol. The fourth-order valence-electron chi connectivity index (χ4n) is 4.09. The monoisotopic (exact) mass is 498 g/mol. The molecule has 3 aromatic rings. The molecule has 11 nitrogen and oxygen atoms in total. The predicted octanol–water partition coefficient (Wildman–Crippen LogP) is 2.54. The Hall–Kier alpha value is -2.67. The van der Waals surface area contributed by atoms with Crippen molar-refractivity contribution in [1.29, 1.82) is 0 Å². The third-order valence-corrected chi connectivity index (χ3v) is 7.08. The van der Waals surface area contributed by atoms with Crippen LogP contribution >= 0.6 is 7.82 Å². The Morgan fingerprint density at radius 1 is 1.32 bits per heavy atom. The third-order valence-electron chi connectivity index (χ3n) is 5.60. The summed E-state index contributed by atoms with van der Waals surface area (Å²) in [6.45, 7) is -0.252. The summed E-state index contributed by atoms with van der Waals surface area (Å²) in [7, 11) is -4.06. The van der Waals surface area contributed by atoms with Crippen molar-refractivity contribution >= 4 is 24.8 Å². The van der Waals surface area contributed by atoms with Gasteiger partial charge in [0.1, 0.15) is 17.7 Å². The summed E-state index contributed by atoms with van der Waals surface area (Å²) in [5.41, 5.74) is 5.62. The van der Waals surface area contributed by atoms with E-state index in [1.54, 1.807) is 6.20 Å². The van der Waals surface area contributed by atoms with Crippen molar-refractivity contribution in [2.24, 2.45) is 0 Å². The SMILES string of the molecule is Nc1nc2c(ccn2[C@@H]2O[C@H](COP3(=O)OCC[C@H](c4cc(F)cc(F)c4)O3)C[C@H]2O)c(=O)[nH]1. The van der Waals surface area contributed by atoms with E-state index in [1.807, 2.05) is 0 Å². The molecule has 0 saturated carbocycles. The molecule has 182 valence electrons. The molecule has 1 aromatic carbocycles. The number of phosphoric acid groups is 1. The standard InChI is InChI=1S/C20H21F2N4O7P/c21-11-5-10(6-12(22)7-11)16-2-4-30-34(29,33-16)31-9-13-8-15(27)19(32-13)26-3-1-14-17(26)24-20(23)25-18(14)28/h1,3,5-7,13,15-16,19,27H,2,4,8-9H2,(H3,23,24,25,28)/t13-,15+,16+,19+,34?/m0/s1. The third kappa shape index (κ3) is 4.50. The number of rotatable bonds is 5. The number of ether oxygens (including phenoxy) is 1. The van der Waals surface area contributed by atoms with Gasteiger partial charge in [0.15, 0.2) is 11.9 Å². The largest absolute Gasteiger partial charge is 0.475 e. The van der Waals surface area contributed by atoms with Gasteiger partial charge in [-0.3, -0.25) is 23.3 Å². The Balaban J connectivity index is 1.26. The number of nitrogens with one attached hydrogen (secondary N) is 1. The number of aliphatic hydroxyl groups excluding tert-OH is 1. The van der Waals surface area contributed by atoms with Crippen molar-refractivity contribution in [2.45, 2.75) is 37.4 Å². The van der Waals surface area contributed by atoms with Crippen LogP contribution in [0.25, 0.3) is 11.0 Å². The van der Waals surface area contributed by atoms with E-state index in [1.165, 1.54) is 10.6 Å². The summed E-state index contributed by atoms with van der Waals surface area (Å²) in [5, 5.41) is 10.8. The van der Waals surface area contributed by atoms with E-state index in [0.717, 1.165) is 18.2 Å². The summed E-state index contributed by atoms with van der Waals surface area (Å²) < 4.78 is 63.4. The van der Waals surface area contributed by atoms with Crippen molar-refractivity contribution in [2.75, 3.05) is 18.9 Å². The summed E-state index contributed by atoms with van der Waals surface area (Å²) in [6, 6.07) is 4.44. The normalized spacial score (nSPS) is 29.6. The van der Waals surface area contributed by atoms with E-state index < -0.39 is 49.6 Å². The van der Waals surface area contributed by atoms with Crippen LogP contribution in [0, 0.1) is 11.6 Å². The minimum Gasteiger partial charge on any atom is -0.388 e. The molecule has 5 rings (SSSR count). The number of phosphoric ester groups is 1. The van der Waals surface area contributed by atoms with Gasteiger partial charge in [0.2, 0.25) is 5.95 Å². The lowest BCUT2D eigenvalue weighted by molar-refractivity contribution is -0.0541. The minimum atomic E-state index is -4.06. The lowest BCUT2D eigenvalue weighted by Crippen LogP contribution is -2.21. The maximum Gasteiger partial charge on any atom is 0.475 e. The van der Waals surface area contributed by atoms with Gasteiger partial charge in [-0.1, -0.05) is 0 Å². The number of aromatic nitrogens is 3. The Morgan fingerprint density at radius 3 is 2.85 bits per heavy atom. The smallest absolute Gasteiger partial charge is 0.388 e. The Kier molecular flexibility index (Phi) is 6.00. The number of nitrogens with zero attached hydrogens (tertiary/aromatic N) is 2. The van der Waals surface area contributed by atoms with Crippen molar-refractivity contribution in [1.82, 2.24) is 14.5 Å². The van der Waals surface area contributed by atoms with Crippen LogP contribution < -0.4 is 11.3 Å². The number of anilines is 1. The molecule has 4 N–H and O–H groups in total. The van der Waals surface area contributed by atoms with Gasteiger partial charge in [-0.2, -0.15) is 4.98 Å². The highest BCUT2D eigenvalue weighted by Gasteiger charge is 2.41. The number of nitrogens with two attached hydrogens (primary N) is 1. The van der Waals surface area contributed by atoms with Crippen molar-refractivity contribution in [3.63, 3.8) is 0 Å². The Labute approximate surface area is 191 Å². The first-order valence-corrected chi connectivity index (χ1v) is 11.9. The topological polar surface area (TPSA) is 151 Å². The van der Waals surface area contributed by atoms with Gasteiger partial charge < -0.3 is 20.1 Å². The molecule has 5 atom stereocenters. The van der Waals surface area contributed by atoms with Crippen LogP contribution in [-0.4, -0.2) is 45.1 Å². The fourth-order valence-corrected chi connectivity index (χ4v) is 5.51. The van der Waals surface area contributed by atoms with Gasteiger partial charge in [-0.05, 0) is 23.8 Å². The zero-order chi connectivity index (χ0) is 24.0. The average Bonchev–Trinajstić information content (AvgIpc) is 3.35. The zero-order valence-corrected chi connectivity index (χ0v) is 18.5. The van der Waals surface area contributed by atoms with Gasteiger partial charge in [0.25, 0.3) is 5.56 Å². The molecule has 2 aromatic heterocycles. The number of nitrogen functional groups attached to an aromatic ring is 1. The summed E-state index contributed by atoms with van der Waals surface area (Å²) in [5.74, 6) is -1.64. The van der Waals surface area contributed by atoms with E-state index in [9.17, 15) is 23.2 Å². The molecule has 0 radical (unpaired) electrons. The summed E-state index contributed by atoms with van der Waals surface area (Å²) in [4.78, 5) is 18.5. The van der Waals surface area contributed by atoms with E-state index in [0.29, 0.717) is 0 Å². The number of fused-ring (bicyclic) bond motifs is 1. The average molecular weight is 498 g/mol. The number of halogens is 2. The quantitative estimate of drug-likeness (QED) is 0.451. The van der Waals surface area contributed by atoms with Gasteiger partial charge in [0.05, 0.1) is 30.8 Å². The molecule has 2 fully saturated rings. The number of aromatic amines is 1. The van der Waals surface area contributed by atoms with Crippen molar-refractivity contribution in [3.8, 4) is 0 Å². The first-order chi connectivity index (χ1) is 16.2. The van der Waals surface area contributed by atoms with Gasteiger partial charge in [-0.15, -0.1) is 0 Å². The van der Waals surface area contributed by atoms with Gasteiger partial charge >= 0.3 is 7.82 Å². The highest BCUT2D eigenvalue weighted by molar-refractivity contribution is 7.48. The maximum atomic E-state index is 13.6. The molecule has 4 heterocycles. The zero-order valence-electron chi connectivity index (χ0n) is 17.6. The van der Waals surface area contributed by atoms with Gasteiger partial charge in [-0.25, -0.2) is 13.3 Å². The van der Waals surface area contributed by atoms with Crippen LogP contribution in [0.15, 0.2) is 35.3 Å². The lowest BCUT2D eigenvalue weighted by atomic mass is 10.1. The minimum absolute atomic E-state index is 0.00611. The first-order valence-electron chi connectivity index (χ1n) is 10.4. The molecule has 2 saturated heterocycles. The second-order valence-corrected chi connectivity index (χ2v) is 9.65. The van der Waals surface area contributed by atoms with E-state index in [4.69, 9.17) is 24.0 Å². The van der Waals surface area contributed by atoms with Gasteiger partial charge in [0, 0.05) is 25.1 Å². The van der Waals surface area contributed by atoms with Crippen LogP contribution in [0.4, 0.5) is 14.7 Å². The molecule has 14 heteroatoms. The lowest BCUT2D eigenvalue weighted by Gasteiger charge is -2.29. The van der Waals surface area contributed by atoms with Crippen LogP contribution in [-0.2, 0) is 22.9 Å². The molecule has 0 aliphatic carbocycles. The summed E-state index contributed by atoms with van der Waals surface area (Å²) >= 11 is 0. The van der Waals surface area contributed by atoms with E-state index in [-0.39, 0.29) is 48.6 Å². The Bertz CT molecular complexity index is 1310. The van der Waals surface area contributed by atoms with Crippen molar-refractivity contribution < 1.29 is 36.8 Å². The van der Waals surface area contributed by atoms with E-state index >= 15 is 0 Å². The van der Waals surface area contributed by atoms with Crippen LogP contribution in [0.5, 0.6) is 0 Å². The highest BCUT2D eigenvalue weighted by atomic mass is 31.2. The second-order valence-electron chi connectivity index (χ2n) is 8.02. The maximum absolute atomic E-state index is 13.6. The predicted molar refractivity (Wildman–Crippen MR) is 114 cm³/mol. The number of H-pyrrole nitrogens is 1. The first kappa shape index (κ1) is 23.1. The molecule has 2 aliphatic rings.